The van der Waals surface area contributed by atoms with E-state index in [-0.39, 0.29) is 0 Å². The Morgan fingerprint density at radius 1 is 1.45 bits per heavy atom. The highest BCUT2D eigenvalue weighted by Crippen LogP contribution is 2.29. The van der Waals surface area contributed by atoms with Crippen LogP contribution in [0.3, 0.4) is 0 Å². The largest absolute Gasteiger partial charge is 0.398 e. The molecule has 0 atom stereocenters. The molecule has 1 aromatic heterocycles. The van der Waals surface area contributed by atoms with Crippen LogP contribution in [0.2, 0.25) is 0 Å². The summed E-state index contributed by atoms with van der Waals surface area (Å²) in [5, 5.41) is 0. The zero-order valence-corrected chi connectivity index (χ0v) is 6.04. The fourth-order valence-corrected chi connectivity index (χ4v) is 1.19. The lowest BCUT2D eigenvalue weighted by molar-refractivity contribution is 1.31. The predicted octanol–water partition coefficient (Wildman–Crippen LogP) is 1.41. The van der Waals surface area contributed by atoms with Gasteiger partial charge in [-0.15, -0.1) is 0 Å². The Kier molecular flexibility index (Phi) is 1.09. The molecule has 0 aromatic carbocycles. The molecule has 0 amide bonds. The summed E-state index contributed by atoms with van der Waals surface area (Å²) in [5.41, 5.74) is 9.45. The second kappa shape index (κ2) is 1.95. The van der Waals surface area contributed by atoms with Crippen molar-refractivity contribution in [1.82, 2.24) is 4.98 Å². The van der Waals surface area contributed by atoms with E-state index in [0.29, 0.717) is 0 Å². The van der Waals surface area contributed by atoms with Crippen LogP contribution < -0.4 is 5.73 Å². The number of aromatic nitrogens is 1. The molecule has 0 saturated carbocycles. The average molecular weight is 144 g/mol. The van der Waals surface area contributed by atoms with Crippen LogP contribution in [0.5, 0.6) is 0 Å². The highest BCUT2D eigenvalue weighted by molar-refractivity contribution is 5.92. The fourth-order valence-electron chi connectivity index (χ4n) is 1.19. The molecule has 2 heteroatoms. The highest BCUT2D eigenvalue weighted by atomic mass is 14.6. The molecule has 1 aliphatic rings. The zero-order valence-electron chi connectivity index (χ0n) is 6.04. The van der Waals surface area contributed by atoms with E-state index in [0.717, 1.165) is 22.4 Å². The van der Waals surface area contributed by atoms with E-state index < -0.39 is 0 Å². The van der Waals surface area contributed by atoms with Crippen LogP contribution in [-0.2, 0) is 0 Å². The first-order valence-corrected chi connectivity index (χ1v) is 3.40. The standard InChI is InChI=1S/C9H8N2/c1-6-8-5-11-3-2-7(8)4-9(6)10/h2-5H,1,10H2. The van der Waals surface area contributed by atoms with Crippen LogP contribution in [0.15, 0.2) is 30.7 Å². The van der Waals surface area contributed by atoms with Crippen LogP contribution >= 0.6 is 0 Å². The van der Waals surface area contributed by atoms with E-state index >= 15 is 0 Å². The smallest absolute Gasteiger partial charge is 0.0394 e. The Morgan fingerprint density at radius 3 is 3.00 bits per heavy atom. The van der Waals surface area contributed by atoms with Crippen molar-refractivity contribution < 1.29 is 0 Å². The minimum Gasteiger partial charge on any atom is -0.398 e. The minimum absolute atomic E-state index is 0.744. The van der Waals surface area contributed by atoms with Crippen molar-refractivity contribution in [3.8, 4) is 0 Å². The zero-order chi connectivity index (χ0) is 7.84. The van der Waals surface area contributed by atoms with Gasteiger partial charge in [-0.1, -0.05) is 6.58 Å². The maximum atomic E-state index is 5.66. The highest BCUT2D eigenvalue weighted by Gasteiger charge is 2.13. The van der Waals surface area contributed by atoms with E-state index in [1.807, 2.05) is 12.1 Å². The molecular formula is C9H8N2. The molecule has 0 bridgehead atoms. The summed E-state index contributed by atoms with van der Waals surface area (Å²) >= 11 is 0. The first-order chi connectivity index (χ1) is 5.29. The van der Waals surface area contributed by atoms with E-state index in [4.69, 9.17) is 5.73 Å². The molecule has 1 heterocycles. The van der Waals surface area contributed by atoms with Gasteiger partial charge in [-0.05, 0) is 23.3 Å². The molecule has 0 unspecified atom stereocenters. The third-order valence-electron chi connectivity index (χ3n) is 1.84. The molecule has 54 valence electrons. The van der Waals surface area contributed by atoms with Gasteiger partial charge in [-0.3, -0.25) is 4.98 Å². The Hall–Kier alpha value is -1.57. The Labute approximate surface area is 65.1 Å². The van der Waals surface area contributed by atoms with Gasteiger partial charge in [0.25, 0.3) is 0 Å². The lowest BCUT2D eigenvalue weighted by atomic mass is 10.1. The molecule has 0 saturated heterocycles. The van der Waals surface area contributed by atoms with Crippen LogP contribution in [0.4, 0.5) is 0 Å². The average Bonchev–Trinajstić information content (AvgIpc) is 2.30. The molecule has 0 radical (unpaired) electrons. The SMILES string of the molecule is C=C1C(N)=Cc2ccncc21. The summed E-state index contributed by atoms with van der Waals surface area (Å²) in [5.74, 6) is 0. The molecule has 2 N–H and O–H groups in total. The van der Waals surface area contributed by atoms with E-state index in [2.05, 4.69) is 11.6 Å². The molecule has 2 nitrogen and oxygen atoms in total. The number of pyridine rings is 1. The summed E-state index contributed by atoms with van der Waals surface area (Å²) in [6, 6.07) is 1.93. The predicted molar refractivity (Wildman–Crippen MR) is 45.4 cm³/mol. The Balaban J connectivity index is 2.67. The quantitative estimate of drug-likeness (QED) is 0.597. The maximum absolute atomic E-state index is 5.66. The number of nitrogens with zero attached hydrogens (tertiary/aromatic N) is 1. The van der Waals surface area contributed by atoms with Gasteiger partial charge in [0.2, 0.25) is 0 Å². The molecule has 11 heavy (non-hydrogen) atoms. The Bertz CT molecular complexity index is 350. The van der Waals surface area contributed by atoms with Crippen molar-refractivity contribution in [2.45, 2.75) is 0 Å². The number of allylic oxidation sites excluding steroid dienone is 1. The van der Waals surface area contributed by atoms with Crippen LogP contribution in [0.25, 0.3) is 11.6 Å². The molecular weight excluding hydrogens is 136 g/mol. The van der Waals surface area contributed by atoms with Crippen molar-refractivity contribution in [1.29, 1.82) is 0 Å². The van der Waals surface area contributed by atoms with Crippen LogP contribution in [0, 0.1) is 0 Å². The minimum atomic E-state index is 0.744. The molecule has 0 fully saturated rings. The van der Waals surface area contributed by atoms with Gasteiger partial charge in [0.15, 0.2) is 0 Å². The fraction of sp³-hybridized carbons (Fsp3) is 0. The van der Waals surface area contributed by atoms with Gasteiger partial charge in [-0.2, -0.15) is 0 Å². The van der Waals surface area contributed by atoms with Gasteiger partial charge in [0.05, 0.1) is 0 Å². The van der Waals surface area contributed by atoms with Crippen molar-refractivity contribution in [3.05, 3.63) is 41.9 Å². The Morgan fingerprint density at radius 2 is 2.27 bits per heavy atom. The van der Waals surface area contributed by atoms with Gasteiger partial charge in [0, 0.05) is 23.7 Å². The molecule has 1 aromatic rings. The van der Waals surface area contributed by atoms with E-state index in [9.17, 15) is 0 Å². The summed E-state index contributed by atoms with van der Waals surface area (Å²) in [4.78, 5) is 3.99. The third kappa shape index (κ3) is 0.759. The lowest BCUT2D eigenvalue weighted by Crippen LogP contribution is -1.93. The van der Waals surface area contributed by atoms with E-state index in [1.54, 1.807) is 12.4 Å². The summed E-state index contributed by atoms with van der Waals surface area (Å²) in [6.45, 7) is 3.84. The monoisotopic (exact) mass is 144 g/mol. The molecule has 0 aliphatic heterocycles. The number of fused-ring (bicyclic) bond motifs is 1. The lowest BCUT2D eigenvalue weighted by Gasteiger charge is -1.97. The van der Waals surface area contributed by atoms with Gasteiger partial charge < -0.3 is 5.73 Å². The van der Waals surface area contributed by atoms with Crippen molar-refractivity contribution in [2.24, 2.45) is 5.73 Å². The van der Waals surface area contributed by atoms with Crippen molar-refractivity contribution in [2.75, 3.05) is 0 Å². The van der Waals surface area contributed by atoms with Gasteiger partial charge in [-0.25, -0.2) is 0 Å². The second-order valence-corrected chi connectivity index (χ2v) is 2.54. The van der Waals surface area contributed by atoms with Crippen LogP contribution in [-0.4, -0.2) is 4.98 Å². The second-order valence-electron chi connectivity index (χ2n) is 2.54. The van der Waals surface area contributed by atoms with E-state index in [1.165, 1.54) is 0 Å². The number of rotatable bonds is 0. The van der Waals surface area contributed by atoms with Crippen molar-refractivity contribution >= 4 is 11.6 Å². The molecule has 1 aliphatic carbocycles. The third-order valence-corrected chi connectivity index (χ3v) is 1.84. The maximum Gasteiger partial charge on any atom is 0.0394 e. The van der Waals surface area contributed by atoms with Gasteiger partial charge in [0.1, 0.15) is 0 Å². The number of nitrogens with two attached hydrogens (primary N) is 1. The topological polar surface area (TPSA) is 38.9 Å². The first-order valence-electron chi connectivity index (χ1n) is 3.40. The van der Waals surface area contributed by atoms with Gasteiger partial charge >= 0.3 is 0 Å². The summed E-state index contributed by atoms with van der Waals surface area (Å²) < 4.78 is 0. The summed E-state index contributed by atoms with van der Waals surface area (Å²) in [7, 11) is 0. The molecule has 0 spiro atoms. The van der Waals surface area contributed by atoms with Crippen LogP contribution in [0.1, 0.15) is 11.1 Å². The number of hydrogen-bond acceptors (Lipinski definition) is 2. The number of hydrogen-bond donors (Lipinski definition) is 1. The summed E-state index contributed by atoms with van der Waals surface area (Å²) in [6.07, 6.45) is 5.45. The molecule has 2 rings (SSSR count). The van der Waals surface area contributed by atoms with Crippen molar-refractivity contribution in [3.63, 3.8) is 0 Å². The normalized spacial score (nSPS) is 14.5. The first kappa shape index (κ1) is 6.16.